The van der Waals surface area contributed by atoms with Crippen molar-refractivity contribution >= 4 is 5.91 Å². The minimum absolute atomic E-state index is 0.249. The first-order valence-corrected chi connectivity index (χ1v) is 32.3. The van der Waals surface area contributed by atoms with E-state index in [2.05, 4.69) is 19.2 Å². The molecular formula is C63H125NO9. The fourth-order valence-electron chi connectivity index (χ4n) is 10.9. The van der Waals surface area contributed by atoms with Crippen molar-refractivity contribution in [1.29, 1.82) is 0 Å². The summed E-state index contributed by atoms with van der Waals surface area (Å²) in [5, 5.41) is 65.3. The molecule has 0 spiro atoms. The van der Waals surface area contributed by atoms with E-state index in [1.54, 1.807) is 0 Å². The van der Waals surface area contributed by atoms with Crippen LogP contribution in [0.25, 0.3) is 0 Å². The van der Waals surface area contributed by atoms with Crippen LogP contribution in [-0.2, 0) is 14.3 Å². The van der Waals surface area contributed by atoms with Crippen LogP contribution in [0.15, 0.2) is 0 Å². The summed E-state index contributed by atoms with van der Waals surface area (Å²) in [6.07, 6.45) is 54.9. The summed E-state index contributed by atoms with van der Waals surface area (Å²) in [5.41, 5.74) is 0. The minimum atomic E-state index is -1.59. The van der Waals surface area contributed by atoms with Gasteiger partial charge in [0.2, 0.25) is 5.91 Å². The van der Waals surface area contributed by atoms with Gasteiger partial charge in [0.1, 0.15) is 30.5 Å². The topological polar surface area (TPSA) is 169 Å². The molecule has 8 unspecified atom stereocenters. The molecule has 1 rings (SSSR count). The van der Waals surface area contributed by atoms with Crippen molar-refractivity contribution in [3.05, 3.63) is 0 Å². The molecule has 0 saturated carbocycles. The average molecular weight is 1040 g/mol. The van der Waals surface area contributed by atoms with Gasteiger partial charge < -0.3 is 45.4 Å². The zero-order chi connectivity index (χ0) is 53.1. The number of hydrogen-bond donors (Lipinski definition) is 7. The summed E-state index contributed by atoms with van der Waals surface area (Å²) < 4.78 is 11.2. The van der Waals surface area contributed by atoms with Crippen molar-refractivity contribution in [2.24, 2.45) is 0 Å². The van der Waals surface area contributed by atoms with Gasteiger partial charge >= 0.3 is 0 Å². The highest BCUT2D eigenvalue weighted by Gasteiger charge is 2.44. The number of rotatable bonds is 57. The standard InChI is InChI=1S/C63H125NO9/c1-3-5-7-9-11-13-15-17-19-20-21-22-23-24-25-26-27-28-29-30-31-32-33-34-35-36-37-38-40-42-44-46-48-50-52-57(67)62(71)64-55(54-72-63-61(70)60(69)59(68)58(53-65)73-63)56(66)51-49-47-45-43-41-39-18-16-14-12-10-8-6-4-2/h55-61,63,65-70H,3-54H2,1-2H3,(H,64,71). The Labute approximate surface area is 451 Å². The van der Waals surface area contributed by atoms with E-state index in [9.17, 15) is 35.4 Å². The lowest BCUT2D eigenvalue weighted by molar-refractivity contribution is -0.302. The molecule has 7 N–H and O–H groups in total. The van der Waals surface area contributed by atoms with Gasteiger partial charge in [-0.15, -0.1) is 0 Å². The predicted octanol–water partition coefficient (Wildman–Crippen LogP) is 15.6. The van der Waals surface area contributed by atoms with E-state index >= 15 is 0 Å². The van der Waals surface area contributed by atoms with Crippen LogP contribution in [0.3, 0.4) is 0 Å². The summed E-state index contributed by atoms with van der Waals surface area (Å²) in [6.45, 7) is 3.72. The number of carbonyl (C=O) groups excluding carboxylic acids is 1. The highest BCUT2D eigenvalue weighted by molar-refractivity contribution is 5.80. The van der Waals surface area contributed by atoms with Gasteiger partial charge in [0.25, 0.3) is 0 Å². The van der Waals surface area contributed by atoms with E-state index < -0.39 is 61.5 Å². The molecule has 1 aliphatic rings. The largest absolute Gasteiger partial charge is 0.394 e. The lowest BCUT2D eigenvalue weighted by atomic mass is 9.99. The summed E-state index contributed by atoms with van der Waals surface area (Å²) in [4.78, 5) is 13.2. The molecule has 1 aliphatic heterocycles. The minimum Gasteiger partial charge on any atom is -0.394 e. The Balaban J connectivity index is 2.08. The van der Waals surface area contributed by atoms with Crippen molar-refractivity contribution in [2.45, 2.75) is 384 Å². The first-order chi connectivity index (χ1) is 35.8. The van der Waals surface area contributed by atoms with Crippen molar-refractivity contribution in [3.8, 4) is 0 Å². The van der Waals surface area contributed by atoms with Crippen LogP contribution in [0.5, 0.6) is 0 Å². The third kappa shape index (κ3) is 41.9. The van der Waals surface area contributed by atoms with Crippen molar-refractivity contribution in [2.75, 3.05) is 13.2 Å². The third-order valence-corrected chi connectivity index (χ3v) is 16.1. The quantitative estimate of drug-likeness (QED) is 0.0293. The predicted molar refractivity (Wildman–Crippen MR) is 306 cm³/mol. The number of carbonyl (C=O) groups is 1. The summed E-state index contributed by atoms with van der Waals surface area (Å²) in [6, 6.07) is -0.889. The second-order valence-corrected chi connectivity index (χ2v) is 23.1. The van der Waals surface area contributed by atoms with Crippen molar-refractivity contribution in [3.63, 3.8) is 0 Å². The number of unbranched alkanes of at least 4 members (excludes halogenated alkanes) is 46. The molecule has 0 radical (unpaired) electrons. The van der Waals surface area contributed by atoms with Gasteiger partial charge in [-0.05, 0) is 12.8 Å². The fraction of sp³-hybridized carbons (Fsp3) is 0.984. The van der Waals surface area contributed by atoms with E-state index in [-0.39, 0.29) is 6.61 Å². The fourth-order valence-corrected chi connectivity index (χ4v) is 10.9. The molecule has 0 bridgehead atoms. The molecule has 0 aromatic carbocycles. The Hall–Kier alpha value is -0.850. The summed E-state index contributed by atoms with van der Waals surface area (Å²) in [7, 11) is 0. The number of ether oxygens (including phenoxy) is 2. The second-order valence-electron chi connectivity index (χ2n) is 23.1. The van der Waals surface area contributed by atoms with Gasteiger partial charge in [-0.1, -0.05) is 322 Å². The van der Waals surface area contributed by atoms with Gasteiger partial charge in [-0.2, -0.15) is 0 Å². The van der Waals surface area contributed by atoms with E-state index in [4.69, 9.17) is 9.47 Å². The maximum Gasteiger partial charge on any atom is 0.249 e. The molecule has 73 heavy (non-hydrogen) atoms. The molecule has 8 atom stereocenters. The number of aliphatic hydroxyl groups is 6. The van der Waals surface area contributed by atoms with E-state index in [0.717, 1.165) is 38.5 Å². The van der Waals surface area contributed by atoms with E-state index in [0.29, 0.717) is 12.8 Å². The van der Waals surface area contributed by atoms with Gasteiger partial charge in [0.05, 0.1) is 25.4 Å². The number of hydrogen-bond acceptors (Lipinski definition) is 9. The Bertz CT molecular complexity index is 1130. The molecule has 0 aliphatic carbocycles. The summed E-state index contributed by atoms with van der Waals surface area (Å²) >= 11 is 0. The van der Waals surface area contributed by atoms with Crippen LogP contribution in [0.2, 0.25) is 0 Å². The van der Waals surface area contributed by atoms with E-state index in [1.165, 1.54) is 270 Å². The van der Waals surface area contributed by atoms with Crippen LogP contribution >= 0.6 is 0 Å². The highest BCUT2D eigenvalue weighted by atomic mass is 16.7. The molecule has 0 aromatic heterocycles. The van der Waals surface area contributed by atoms with Crippen molar-refractivity contribution < 1.29 is 44.9 Å². The molecule has 436 valence electrons. The molecule has 1 fully saturated rings. The van der Waals surface area contributed by atoms with Crippen LogP contribution in [0, 0.1) is 0 Å². The van der Waals surface area contributed by atoms with Gasteiger partial charge in [-0.25, -0.2) is 0 Å². The Morgan fingerprint density at radius 3 is 0.973 bits per heavy atom. The zero-order valence-corrected chi connectivity index (χ0v) is 48.3. The van der Waals surface area contributed by atoms with Gasteiger partial charge in [-0.3, -0.25) is 4.79 Å². The average Bonchev–Trinajstić information content (AvgIpc) is 3.39. The Morgan fingerprint density at radius 1 is 0.411 bits per heavy atom. The molecule has 1 amide bonds. The first kappa shape index (κ1) is 70.2. The van der Waals surface area contributed by atoms with Crippen LogP contribution in [0.4, 0.5) is 0 Å². The zero-order valence-electron chi connectivity index (χ0n) is 48.3. The molecule has 1 heterocycles. The monoisotopic (exact) mass is 1040 g/mol. The molecular weight excluding hydrogens is 915 g/mol. The van der Waals surface area contributed by atoms with Gasteiger partial charge in [0, 0.05) is 0 Å². The normalized spacial score (nSPS) is 19.4. The lowest BCUT2D eigenvalue weighted by Gasteiger charge is -2.40. The van der Waals surface area contributed by atoms with Crippen LogP contribution in [-0.4, -0.2) is 98.7 Å². The maximum absolute atomic E-state index is 13.2. The second kappa shape index (κ2) is 53.2. The molecule has 0 aromatic rings. The smallest absolute Gasteiger partial charge is 0.249 e. The Morgan fingerprint density at radius 2 is 0.685 bits per heavy atom. The number of aliphatic hydroxyl groups excluding tert-OH is 6. The van der Waals surface area contributed by atoms with Crippen LogP contribution < -0.4 is 5.32 Å². The highest BCUT2D eigenvalue weighted by Crippen LogP contribution is 2.24. The molecule has 10 heteroatoms. The molecule has 1 saturated heterocycles. The van der Waals surface area contributed by atoms with Crippen LogP contribution in [0.1, 0.15) is 335 Å². The molecule has 10 nitrogen and oxygen atoms in total. The first-order valence-electron chi connectivity index (χ1n) is 32.3. The van der Waals surface area contributed by atoms with Gasteiger partial charge in [0.15, 0.2) is 6.29 Å². The SMILES string of the molecule is CCCCCCCCCCCCCCCCCCCCCCCCCCCCCCCCCCCCC(O)C(=O)NC(COC1OC(CO)C(O)C(O)C1O)C(O)CCCCCCCCCCCCCCCC. The Kier molecular flexibility index (Phi) is 51.1. The summed E-state index contributed by atoms with van der Waals surface area (Å²) in [5.74, 6) is -0.576. The van der Waals surface area contributed by atoms with E-state index in [1.807, 2.05) is 0 Å². The van der Waals surface area contributed by atoms with Crippen molar-refractivity contribution in [1.82, 2.24) is 5.32 Å². The lowest BCUT2D eigenvalue weighted by Crippen LogP contribution is -2.60. The number of amides is 1. The number of nitrogens with one attached hydrogen (secondary N) is 1. The maximum atomic E-state index is 13.2. The third-order valence-electron chi connectivity index (χ3n) is 16.1.